The summed E-state index contributed by atoms with van der Waals surface area (Å²) in [4.78, 5) is 10.9. The lowest BCUT2D eigenvalue weighted by atomic mass is 9.99. The third kappa shape index (κ3) is 5.77. The van der Waals surface area contributed by atoms with Crippen LogP contribution in [-0.2, 0) is 13.2 Å². The van der Waals surface area contributed by atoms with Gasteiger partial charge in [0.15, 0.2) is 0 Å². The first-order chi connectivity index (χ1) is 17.4. The Balaban J connectivity index is 1.54. The molecule has 0 radical (unpaired) electrons. The number of carbonyl (C=O) groups is 1. The van der Waals surface area contributed by atoms with Gasteiger partial charge in [-0.05, 0) is 68.3 Å². The van der Waals surface area contributed by atoms with Crippen LogP contribution in [0.3, 0.4) is 0 Å². The van der Waals surface area contributed by atoms with Gasteiger partial charge in [-0.25, -0.2) is 8.78 Å². The van der Waals surface area contributed by atoms with Gasteiger partial charge in [-0.15, -0.1) is 0 Å². The minimum Gasteiger partial charge on any atom is -0.497 e. The van der Waals surface area contributed by atoms with E-state index in [4.69, 9.17) is 14.2 Å². The number of halogens is 4. The van der Waals surface area contributed by atoms with E-state index in [1.165, 1.54) is 12.1 Å². The highest BCUT2D eigenvalue weighted by molar-refractivity contribution is 9.10. The fourth-order valence-corrected chi connectivity index (χ4v) is 4.53. The Kier molecular flexibility index (Phi) is 8.38. The molecule has 0 fully saturated rings. The van der Waals surface area contributed by atoms with Crippen LogP contribution in [0.25, 0.3) is 11.1 Å². The molecule has 0 spiro atoms. The predicted octanol–water partition coefficient (Wildman–Crippen LogP) is 8.14. The normalized spacial score (nSPS) is 10.7. The summed E-state index contributed by atoms with van der Waals surface area (Å²) in [5, 5.41) is 0. The number of aldehydes is 1. The molecule has 0 aliphatic rings. The fourth-order valence-electron chi connectivity index (χ4n) is 3.54. The highest BCUT2D eigenvalue weighted by atomic mass is 79.9. The average molecular weight is 618 g/mol. The summed E-state index contributed by atoms with van der Waals surface area (Å²) in [5.41, 5.74) is 1.29. The second-order valence-electron chi connectivity index (χ2n) is 7.74. The van der Waals surface area contributed by atoms with Gasteiger partial charge >= 0.3 is 0 Å². The van der Waals surface area contributed by atoms with Gasteiger partial charge in [-0.2, -0.15) is 0 Å². The minimum atomic E-state index is -0.576. The van der Waals surface area contributed by atoms with E-state index in [0.717, 1.165) is 6.29 Å². The largest absolute Gasteiger partial charge is 0.497 e. The number of hydrogen-bond acceptors (Lipinski definition) is 4. The van der Waals surface area contributed by atoms with Crippen LogP contribution in [0, 0.1) is 11.6 Å². The lowest BCUT2D eigenvalue weighted by molar-refractivity contribution is 0.112. The maximum Gasteiger partial charge on any atom is 0.150 e. The molecular weight excluding hydrogens is 598 g/mol. The Morgan fingerprint density at radius 3 is 1.75 bits per heavy atom. The second kappa shape index (κ2) is 11.7. The van der Waals surface area contributed by atoms with E-state index < -0.39 is 11.6 Å². The van der Waals surface area contributed by atoms with Gasteiger partial charge in [-0.1, -0.05) is 36.4 Å². The molecule has 36 heavy (non-hydrogen) atoms. The molecule has 0 amide bonds. The maximum atomic E-state index is 15.4. The highest BCUT2D eigenvalue weighted by Gasteiger charge is 2.17. The summed E-state index contributed by atoms with van der Waals surface area (Å²) in [7, 11) is 1.56. The SMILES string of the molecule is COc1ccc(OCc2cccc(-c3cccc(COc4ccc(C=O)cc4Br)c3F)c2F)c(Br)c1. The number of ether oxygens (including phenoxy) is 3. The summed E-state index contributed by atoms with van der Waals surface area (Å²) >= 11 is 6.76. The molecule has 0 heterocycles. The van der Waals surface area contributed by atoms with Crippen LogP contribution in [-0.4, -0.2) is 13.4 Å². The lowest BCUT2D eigenvalue weighted by Crippen LogP contribution is -2.03. The molecule has 0 unspecified atom stereocenters. The molecule has 0 saturated heterocycles. The average Bonchev–Trinajstić information content (AvgIpc) is 2.88. The molecule has 8 heteroatoms. The van der Waals surface area contributed by atoms with Gasteiger partial charge < -0.3 is 14.2 Å². The van der Waals surface area contributed by atoms with Crippen LogP contribution < -0.4 is 14.2 Å². The van der Waals surface area contributed by atoms with Crippen molar-refractivity contribution in [2.75, 3.05) is 7.11 Å². The molecule has 4 aromatic carbocycles. The van der Waals surface area contributed by atoms with E-state index in [-0.39, 0.29) is 35.5 Å². The third-order valence-corrected chi connectivity index (χ3v) is 6.68. The first kappa shape index (κ1) is 25.9. The van der Waals surface area contributed by atoms with Crippen LogP contribution in [0.5, 0.6) is 17.2 Å². The molecule has 0 atom stereocenters. The molecule has 184 valence electrons. The van der Waals surface area contributed by atoms with E-state index in [2.05, 4.69) is 31.9 Å². The van der Waals surface area contributed by atoms with Crippen LogP contribution in [0.2, 0.25) is 0 Å². The zero-order chi connectivity index (χ0) is 25.7. The Bertz CT molecular complexity index is 1410. The fraction of sp³-hybridized carbons (Fsp3) is 0.107. The third-order valence-electron chi connectivity index (χ3n) is 5.44. The van der Waals surface area contributed by atoms with Crippen molar-refractivity contribution in [2.24, 2.45) is 0 Å². The molecule has 0 aromatic heterocycles. The quantitative estimate of drug-likeness (QED) is 0.178. The minimum absolute atomic E-state index is 0.0418. The monoisotopic (exact) mass is 616 g/mol. The Morgan fingerprint density at radius 2 is 1.28 bits per heavy atom. The standard InChI is InChI=1S/C28H20Br2F2O4/c1-34-20-9-11-26(24(30)13-20)36-16-19-5-3-7-22(28(19)32)21-6-2-4-18(27(21)31)15-35-25-10-8-17(14-33)12-23(25)29/h2-14H,15-16H2,1H3. The van der Waals surface area contributed by atoms with Crippen molar-refractivity contribution in [2.45, 2.75) is 13.2 Å². The van der Waals surface area contributed by atoms with E-state index in [9.17, 15) is 4.79 Å². The summed E-state index contributed by atoms with van der Waals surface area (Å²) in [6, 6.07) is 19.6. The van der Waals surface area contributed by atoms with Gasteiger partial charge in [0, 0.05) is 27.8 Å². The molecule has 4 nitrogen and oxygen atoms in total. The Hall–Kier alpha value is -3.23. The number of benzene rings is 4. The van der Waals surface area contributed by atoms with Crippen molar-refractivity contribution in [1.29, 1.82) is 0 Å². The van der Waals surface area contributed by atoms with Crippen LogP contribution in [0.1, 0.15) is 21.5 Å². The Labute approximate surface area is 224 Å². The summed E-state index contributed by atoms with van der Waals surface area (Å²) in [5.74, 6) is 0.505. The molecule has 4 rings (SSSR count). The van der Waals surface area contributed by atoms with Gasteiger partial charge in [-0.3, -0.25) is 4.79 Å². The summed E-state index contributed by atoms with van der Waals surface area (Å²) in [6.45, 7) is -0.117. The number of methoxy groups -OCH3 is 1. The smallest absolute Gasteiger partial charge is 0.150 e. The van der Waals surface area contributed by atoms with E-state index in [1.807, 2.05) is 0 Å². The maximum absolute atomic E-state index is 15.4. The Morgan fingerprint density at radius 1 is 0.750 bits per heavy atom. The van der Waals surface area contributed by atoms with E-state index >= 15 is 8.78 Å². The van der Waals surface area contributed by atoms with Gasteiger partial charge in [0.1, 0.15) is 48.4 Å². The summed E-state index contributed by atoms with van der Waals surface area (Å²) < 4.78 is 48.8. The number of rotatable bonds is 9. The van der Waals surface area contributed by atoms with Crippen molar-refractivity contribution < 1.29 is 27.8 Å². The van der Waals surface area contributed by atoms with Crippen LogP contribution >= 0.6 is 31.9 Å². The molecule has 0 bridgehead atoms. The first-order valence-electron chi connectivity index (χ1n) is 10.8. The second-order valence-corrected chi connectivity index (χ2v) is 9.45. The van der Waals surface area contributed by atoms with E-state index in [1.54, 1.807) is 67.8 Å². The van der Waals surface area contributed by atoms with Gasteiger partial charge in [0.05, 0.1) is 16.1 Å². The van der Waals surface area contributed by atoms with Crippen molar-refractivity contribution in [3.63, 3.8) is 0 Å². The van der Waals surface area contributed by atoms with Crippen molar-refractivity contribution in [1.82, 2.24) is 0 Å². The highest BCUT2D eigenvalue weighted by Crippen LogP contribution is 2.33. The van der Waals surface area contributed by atoms with Gasteiger partial charge in [0.25, 0.3) is 0 Å². The van der Waals surface area contributed by atoms with Crippen molar-refractivity contribution in [3.8, 4) is 28.4 Å². The first-order valence-corrected chi connectivity index (χ1v) is 12.4. The lowest BCUT2D eigenvalue weighted by Gasteiger charge is -2.14. The molecule has 0 aliphatic carbocycles. The predicted molar refractivity (Wildman–Crippen MR) is 141 cm³/mol. The zero-order valence-electron chi connectivity index (χ0n) is 19.1. The molecule has 4 aromatic rings. The summed E-state index contributed by atoms with van der Waals surface area (Å²) in [6.07, 6.45) is 0.723. The van der Waals surface area contributed by atoms with Crippen molar-refractivity contribution >= 4 is 38.1 Å². The molecule has 0 aliphatic heterocycles. The number of carbonyl (C=O) groups excluding carboxylic acids is 1. The topological polar surface area (TPSA) is 44.8 Å². The van der Waals surface area contributed by atoms with Crippen LogP contribution in [0.15, 0.2) is 81.7 Å². The zero-order valence-corrected chi connectivity index (χ0v) is 22.2. The molecule has 0 N–H and O–H groups in total. The van der Waals surface area contributed by atoms with E-state index in [0.29, 0.717) is 31.8 Å². The number of hydrogen-bond donors (Lipinski definition) is 0. The molecule has 0 saturated carbocycles. The van der Waals surface area contributed by atoms with Gasteiger partial charge in [0.2, 0.25) is 0 Å². The molecular formula is C28H20Br2F2O4. The van der Waals surface area contributed by atoms with Crippen LogP contribution in [0.4, 0.5) is 8.78 Å². The van der Waals surface area contributed by atoms with Crippen molar-refractivity contribution in [3.05, 3.63) is 110 Å².